The number of aromatic amines is 2. The zero-order chi connectivity index (χ0) is 13.1. The molecule has 7 heteroatoms. The minimum atomic E-state index is -0.773. The number of rotatable bonds is 2. The monoisotopic (exact) mass is 249 g/mol. The molecular formula is C11H8FN3O3. The number of hydrogen-bond donors (Lipinski definition) is 3. The average Bonchev–Trinajstić information content (AvgIpc) is 2.33. The summed E-state index contributed by atoms with van der Waals surface area (Å²) in [7, 11) is 0. The molecule has 3 N–H and O–H groups in total. The molecule has 1 aromatic heterocycles. The first kappa shape index (κ1) is 11.8. The maximum absolute atomic E-state index is 13.3. The Bertz CT molecular complexity index is 705. The molecule has 2 aromatic rings. The molecule has 0 atom stereocenters. The Morgan fingerprint density at radius 2 is 1.94 bits per heavy atom. The van der Waals surface area contributed by atoms with Crippen LogP contribution in [0, 0.1) is 5.82 Å². The lowest BCUT2D eigenvalue weighted by Gasteiger charge is -2.04. The molecule has 1 amide bonds. The van der Waals surface area contributed by atoms with Crippen LogP contribution in [-0.2, 0) is 0 Å². The minimum absolute atomic E-state index is 0.164. The van der Waals surface area contributed by atoms with Crippen LogP contribution in [0.3, 0.4) is 0 Å². The van der Waals surface area contributed by atoms with E-state index in [1.54, 1.807) is 0 Å². The largest absolute Gasteiger partial charge is 0.325 e. The third-order valence-electron chi connectivity index (χ3n) is 2.19. The van der Waals surface area contributed by atoms with Gasteiger partial charge in [0, 0.05) is 6.20 Å². The van der Waals surface area contributed by atoms with Gasteiger partial charge in [-0.05, 0) is 12.1 Å². The highest BCUT2D eigenvalue weighted by Gasteiger charge is 2.12. The number of carbonyl (C=O) groups excluding carboxylic acids is 1. The third-order valence-corrected chi connectivity index (χ3v) is 2.19. The van der Waals surface area contributed by atoms with Crippen molar-refractivity contribution in [2.75, 3.05) is 5.32 Å². The third kappa shape index (κ3) is 2.34. The molecule has 0 aliphatic rings. The fourth-order valence-electron chi connectivity index (χ4n) is 1.34. The standard InChI is InChI=1S/C11H8FN3O3/c12-7-4-2-1-3-6(7)9(16)14-8-5-13-11(18)15-10(8)17/h1-5H,(H,14,16)(H2,13,15,17,18). The van der Waals surface area contributed by atoms with Crippen LogP contribution in [-0.4, -0.2) is 15.9 Å². The van der Waals surface area contributed by atoms with Crippen molar-refractivity contribution in [3.63, 3.8) is 0 Å². The van der Waals surface area contributed by atoms with Gasteiger partial charge < -0.3 is 10.3 Å². The van der Waals surface area contributed by atoms with Crippen LogP contribution in [0.5, 0.6) is 0 Å². The van der Waals surface area contributed by atoms with Gasteiger partial charge in [-0.15, -0.1) is 0 Å². The van der Waals surface area contributed by atoms with Crippen molar-refractivity contribution in [3.8, 4) is 0 Å². The van der Waals surface area contributed by atoms with E-state index in [0.29, 0.717) is 0 Å². The number of hydrogen-bond acceptors (Lipinski definition) is 3. The Morgan fingerprint density at radius 1 is 1.22 bits per heavy atom. The molecule has 0 fully saturated rings. The van der Waals surface area contributed by atoms with E-state index >= 15 is 0 Å². The molecule has 18 heavy (non-hydrogen) atoms. The zero-order valence-electron chi connectivity index (χ0n) is 8.99. The molecule has 0 aliphatic carbocycles. The summed E-state index contributed by atoms with van der Waals surface area (Å²) in [6.07, 6.45) is 1.04. The highest BCUT2D eigenvalue weighted by Crippen LogP contribution is 2.08. The van der Waals surface area contributed by atoms with Gasteiger partial charge >= 0.3 is 5.69 Å². The van der Waals surface area contributed by atoms with E-state index in [4.69, 9.17) is 0 Å². The molecular weight excluding hydrogens is 241 g/mol. The molecule has 0 saturated carbocycles. The van der Waals surface area contributed by atoms with E-state index in [-0.39, 0.29) is 11.3 Å². The predicted molar refractivity (Wildman–Crippen MR) is 62.0 cm³/mol. The molecule has 0 bridgehead atoms. The lowest BCUT2D eigenvalue weighted by Crippen LogP contribution is -2.26. The van der Waals surface area contributed by atoms with E-state index in [1.807, 2.05) is 4.98 Å². The normalized spacial score (nSPS) is 10.1. The second-order valence-electron chi connectivity index (χ2n) is 3.42. The molecule has 92 valence electrons. The van der Waals surface area contributed by atoms with E-state index in [2.05, 4.69) is 10.3 Å². The Hall–Kier alpha value is -2.70. The van der Waals surface area contributed by atoms with Crippen LogP contribution < -0.4 is 16.6 Å². The van der Waals surface area contributed by atoms with Crippen molar-refractivity contribution in [3.05, 3.63) is 62.7 Å². The smallest absolute Gasteiger partial charge is 0.316 e. The Balaban J connectivity index is 2.30. The van der Waals surface area contributed by atoms with Gasteiger partial charge in [-0.1, -0.05) is 12.1 Å². The summed E-state index contributed by atoms with van der Waals surface area (Å²) < 4.78 is 13.3. The Morgan fingerprint density at radius 3 is 2.61 bits per heavy atom. The number of carbonyl (C=O) groups is 1. The van der Waals surface area contributed by atoms with Crippen molar-refractivity contribution in [1.29, 1.82) is 0 Å². The second kappa shape index (κ2) is 4.66. The maximum atomic E-state index is 13.3. The summed E-state index contributed by atoms with van der Waals surface area (Å²) in [6, 6.07) is 5.35. The number of halogens is 1. The van der Waals surface area contributed by atoms with Gasteiger partial charge in [0.15, 0.2) is 0 Å². The fraction of sp³-hybridized carbons (Fsp3) is 0. The molecule has 0 radical (unpaired) electrons. The van der Waals surface area contributed by atoms with Gasteiger partial charge in [0.25, 0.3) is 11.5 Å². The van der Waals surface area contributed by atoms with Crippen LogP contribution in [0.1, 0.15) is 10.4 Å². The van der Waals surface area contributed by atoms with Gasteiger partial charge in [-0.2, -0.15) is 0 Å². The van der Waals surface area contributed by atoms with Crippen LogP contribution in [0.4, 0.5) is 10.1 Å². The molecule has 2 rings (SSSR count). The summed E-state index contributed by atoms with van der Waals surface area (Å²) in [4.78, 5) is 37.9. The van der Waals surface area contributed by atoms with Crippen molar-refractivity contribution in [2.45, 2.75) is 0 Å². The number of H-pyrrole nitrogens is 2. The van der Waals surface area contributed by atoms with Crippen molar-refractivity contribution < 1.29 is 9.18 Å². The van der Waals surface area contributed by atoms with Crippen LogP contribution in [0.25, 0.3) is 0 Å². The average molecular weight is 249 g/mol. The molecule has 1 aromatic carbocycles. The van der Waals surface area contributed by atoms with E-state index in [1.165, 1.54) is 18.2 Å². The lowest BCUT2D eigenvalue weighted by atomic mass is 10.2. The van der Waals surface area contributed by atoms with Crippen LogP contribution in [0.15, 0.2) is 40.1 Å². The van der Waals surface area contributed by atoms with Crippen LogP contribution >= 0.6 is 0 Å². The van der Waals surface area contributed by atoms with E-state index in [9.17, 15) is 18.8 Å². The van der Waals surface area contributed by atoms with Crippen molar-refractivity contribution in [1.82, 2.24) is 9.97 Å². The first-order valence-corrected chi connectivity index (χ1v) is 4.96. The van der Waals surface area contributed by atoms with Gasteiger partial charge in [0.05, 0.1) is 5.56 Å². The van der Waals surface area contributed by atoms with Gasteiger partial charge in [0.2, 0.25) is 0 Å². The number of anilines is 1. The van der Waals surface area contributed by atoms with Gasteiger partial charge in [-0.25, -0.2) is 9.18 Å². The molecule has 6 nitrogen and oxygen atoms in total. The topological polar surface area (TPSA) is 94.8 Å². The zero-order valence-corrected chi connectivity index (χ0v) is 8.99. The minimum Gasteiger partial charge on any atom is -0.316 e. The van der Waals surface area contributed by atoms with E-state index in [0.717, 1.165) is 12.3 Å². The number of benzene rings is 1. The first-order chi connectivity index (χ1) is 8.58. The summed E-state index contributed by atoms with van der Waals surface area (Å²) in [5.41, 5.74) is -1.81. The fourth-order valence-corrected chi connectivity index (χ4v) is 1.34. The highest BCUT2D eigenvalue weighted by atomic mass is 19.1. The SMILES string of the molecule is O=C(Nc1c[nH]c(=O)[nH]c1=O)c1ccccc1F. The Labute approximate surface area is 99.5 Å². The lowest BCUT2D eigenvalue weighted by molar-refractivity contribution is 0.102. The molecule has 0 spiro atoms. The molecule has 0 unspecified atom stereocenters. The molecule has 0 aliphatic heterocycles. The van der Waals surface area contributed by atoms with Crippen LogP contribution in [0.2, 0.25) is 0 Å². The van der Waals surface area contributed by atoms with Crippen molar-refractivity contribution in [2.24, 2.45) is 0 Å². The van der Waals surface area contributed by atoms with Gasteiger partial charge in [0.1, 0.15) is 11.5 Å². The number of aromatic nitrogens is 2. The van der Waals surface area contributed by atoms with Gasteiger partial charge in [-0.3, -0.25) is 14.6 Å². The quantitative estimate of drug-likeness (QED) is 0.721. The number of amides is 1. The summed E-state index contributed by atoms with van der Waals surface area (Å²) in [5, 5.41) is 2.20. The summed E-state index contributed by atoms with van der Waals surface area (Å²) in [6.45, 7) is 0. The molecule has 0 saturated heterocycles. The maximum Gasteiger partial charge on any atom is 0.325 e. The first-order valence-electron chi connectivity index (χ1n) is 4.96. The highest BCUT2D eigenvalue weighted by molar-refractivity contribution is 6.04. The number of nitrogens with one attached hydrogen (secondary N) is 3. The second-order valence-corrected chi connectivity index (χ2v) is 3.42. The summed E-state index contributed by atoms with van der Waals surface area (Å²) in [5.74, 6) is -1.47. The molecule has 1 heterocycles. The Kier molecular flexibility index (Phi) is 3.05. The van der Waals surface area contributed by atoms with E-state index < -0.39 is 23.0 Å². The van der Waals surface area contributed by atoms with Crippen molar-refractivity contribution >= 4 is 11.6 Å². The summed E-state index contributed by atoms with van der Waals surface area (Å²) >= 11 is 0. The predicted octanol–water partition coefficient (Wildman–Crippen LogP) is 0.455.